The number of halogens is 1. The SMILES string of the molecule is COCC1=C2[C@@H](CC/C(=C/c3cc(I)c(O)c(OC)c3)c3ccccn3)OB(O)C[C@@H]2[C@@H]2C(=O)N(c3ccccc3)C(=O)[C@@H]2C1. The number of nitrogens with zero attached hydrogens (tertiary/aromatic N) is 2. The summed E-state index contributed by atoms with van der Waals surface area (Å²) in [6, 6.07) is 18.4. The zero-order valence-corrected chi connectivity index (χ0v) is 27.2. The van der Waals surface area contributed by atoms with E-state index in [0.29, 0.717) is 40.9 Å². The molecule has 11 heteroatoms. The van der Waals surface area contributed by atoms with Gasteiger partial charge in [0.1, 0.15) is 0 Å². The number of pyridine rings is 1. The van der Waals surface area contributed by atoms with Gasteiger partial charge in [-0.2, -0.15) is 0 Å². The van der Waals surface area contributed by atoms with E-state index < -0.39 is 25.1 Å². The van der Waals surface area contributed by atoms with Crippen molar-refractivity contribution in [2.24, 2.45) is 17.8 Å². The number of carbonyl (C=O) groups excluding carboxylic acids is 2. The number of phenolic OH excluding ortho intramolecular Hbond substituents is 1. The molecule has 2 fully saturated rings. The minimum absolute atomic E-state index is 0.0873. The van der Waals surface area contributed by atoms with Crippen molar-refractivity contribution in [3.05, 3.63) is 92.8 Å². The second-order valence-electron chi connectivity index (χ2n) is 11.6. The Labute approximate surface area is 276 Å². The Morgan fingerprint density at radius 2 is 1.89 bits per heavy atom. The third-order valence-corrected chi connectivity index (χ3v) is 9.74. The molecule has 3 aromatic rings. The van der Waals surface area contributed by atoms with Crippen LogP contribution in [0.4, 0.5) is 5.69 Å². The highest BCUT2D eigenvalue weighted by molar-refractivity contribution is 14.1. The fraction of sp³-hybridized carbons (Fsp3) is 0.324. The molecule has 6 rings (SSSR count). The molecule has 0 bridgehead atoms. The van der Waals surface area contributed by atoms with Crippen LogP contribution >= 0.6 is 22.6 Å². The summed E-state index contributed by atoms with van der Waals surface area (Å²) in [5.41, 5.74) is 5.04. The summed E-state index contributed by atoms with van der Waals surface area (Å²) in [7, 11) is 2.06. The van der Waals surface area contributed by atoms with Gasteiger partial charge in [-0.25, -0.2) is 0 Å². The number of phenols is 1. The molecule has 0 spiro atoms. The van der Waals surface area contributed by atoms with Crippen LogP contribution in [0.1, 0.15) is 30.5 Å². The number of anilines is 1. The molecule has 0 unspecified atom stereocenters. The number of fused-ring (bicyclic) bond motifs is 3. The molecule has 2 aromatic carbocycles. The Balaban J connectivity index is 1.34. The van der Waals surface area contributed by atoms with Crippen molar-refractivity contribution in [2.75, 3.05) is 25.7 Å². The van der Waals surface area contributed by atoms with Gasteiger partial charge in [0.05, 0.1) is 46.6 Å². The van der Waals surface area contributed by atoms with E-state index in [0.717, 1.165) is 28.0 Å². The van der Waals surface area contributed by atoms with Crippen molar-refractivity contribution in [3.63, 3.8) is 0 Å². The van der Waals surface area contributed by atoms with Gasteiger partial charge in [-0.05, 0) is 119 Å². The molecule has 2 aliphatic heterocycles. The number of amides is 2. The summed E-state index contributed by atoms with van der Waals surface area (Å²) in [5.74, 6) is -1.41. The number of ether oxygens (including phenoxy) is 2. The number of para-hydroxylation sites is 1. The standard InChI is InChI=1S/C34H34BIN2O7/c1-43-19-22-17-24-31(34(41)38(33(24)40)23-8-4-3-5-9-23)25-18-35(42)45-28(30(22)25)12-11-21(27-10-6-7-13-37-27)14-20-15-26(36)32(39)29(16-20)44-2/h3-10,13-16,24-25,28,31,39,42H,11-12,17-19H2,1-2H3/b21-14-/t24-,25+,28-,31-/m1/s1. The number of methoxy groups -OCH3 is 2. The van der Waals surface area contributed by atoms with E-state index in [-0.39, 0.29) is 29.8 Å². The van der Waals surface area contributed by atoms with Crippen LogP contribution in [-0.2, 0) is 19.0 Å². The Morgan fingerprint density at radius 3 is 2.60 bits per heavy atom. The lowest BCUT2D eigenvalue weighted by atomic mass is 9.58. The number of imide groups is 1. The van der Waals surface area contributed by atoms with Crippen molar-refractivity contribution in [1.29, 1.82) is 0 Å². The summed E-state index contributed by atoms with van der Waals surface area (Å²) >= 11 is 2.07. The van der Waals surface area contributed by atoms with Gasteiger partial charge >= 0.3 is 7.12 Å². The van der Waals surface area contributed by atoms with Crippen molar-refractivity contribution in [1.82, 2.24) is 4.98 Å². The number of benzene rings is 2. The van der Waals surface area contributed by atoms with Gasteiger partial charge in [0.25, 0.3) is 0 Å². The quantitative estimate of drug-likeness (QED) is 0.131. The summed E-state index contributed by atoms with van der Waals surface area (Å²) in [6.45, 7) is 0.312. The molecule has 3 heterocycles. The van der Waals surface area contributed by atoms with E-state index in [4.69, 9.17) is 14.1 Å². The maximum absolute atomic E-state index is 13.9. The van der Waals surface area contributed by atoms with E-state index in [2.05, 4.69) is 27.6 Å². The van der Waals surface area contributed by atoms with Gasteiger partial charge in [-0.1, -0.05) is 24.3 Å². The lowest BCUT2D eigenvalue weighted by Gasteiger charge is -2.43. The molecule has 232 valence electrons. The van der Waals surface area contributed by atoms with Crippen molar-refractivity contribution < 1.29 is 33.8 Å². The predicted molar refractivity (Wildman–Crippen MR) is 179 cm³/mol. The van der Waals surface area contributed by atoms with Gasteiger partial charge in [-0.3, -0.25) is 19.5 Å². The van der Waals surface area contributed by atoms with Crippen LogP contribution in [0, 0.1) is 21.3 Å². The average Bonchev–Trinajstić information content (AvgIpc) is 3.30. The molecule has 2 amide bonds. The van der Waals surface area contributed by atoms with E-state index in [1.54, 1.807) is 31.5 Å². The number of allylic oxidation sites excluding steroid dienone is 1. The van der Waals surface area contributed by atoms with E-state index in [1.165, 1.54) is 12.0 Å². The number of carbonyl (C=O) groups is 2. The normalized spacial score (nSPS) is 23.3. The first-order valence-electron chi connectivity index (χ1n) is 15.0. The maximum Gasteiger partial charge on any atom is 0.455 e. The van der Waals surface area contributed by atoms with Gasteiger partial charge < -0.3 is 24.3 Å². The first-order chi connectivity index (χ1) is 21.8. The Hall–Kier alpha value is -3.52. The monoisotopic (exact) mass is 720 g/mol. The zero-order valence-electron chi connectivity index (χ0n) is 25.1. The lowest BCUT2D eigenvalue weighted by Crippen LogP contribution is -2.46. The van der Waals surface area contributed by atoms with Crippen molar-refractivity contribution >= 4 is 58.9 Å². The summed E-state index contributed by atoms with van der Waals surface area (Å²) in [5, 5.41) is 21.3. The molecule has 1 aliphatic carbocycles. The average molecular weight is 720 g/mol. The van der Waals surface area contributed by atoms with Crippen LogP contribution in [0.25, 0.3) is 11.6 Å². The minimum atomic E-state index is -1.08. The van der Waals surface area contributed by atoms with E-state index >= 15 is 0 Å². The van der Waals surface area contributed by atoms with Crippen molar-refractivity contribution in [3.8, 4) is 11.5 Å². The molecular formula is C34H34BIN2O7. The number of hydrogen-bond acceptors (Lipinski definition) is 8. The number of aromatic nitrogens is 1. The first-order valence-corrected chi connectivity index (χ1v) is 16.0. The molecular weight excluding hydrogens is 686 g/mol. The highest BCUT2D eigenvalue weighted by atomic mass is 127. The molecule has 2 N–H and O–H groups in total. The van der Waals surface area contributed by atoms with E-state index in [1.807, 2.05) is 48.5 Å². The fourth-order valence-corrected chi connectivity index (χ4v) is 7.68. The topological polar surface area (TPSA) is 118 Å². The van der Waals surface area contributed by atoms with Crippen molar-refractivity contribution in [2.45, 2.75) is 31.7 Å². The van der Waals surface area contributed by atoms with Crippen LogP contribution in [0.5, 0.6) is 11.5 Å². The molecule has 0 radical (unpaired) electrons. The van der Waals surface area contributed by atoms with Crippen LogP contribution < -0.4 is 9.64 Å². The summed E-state index contributed by atoms with van der Waals surface area (Å²) < 4.78 is 17.8. The Bertz CT molecular complexity index is 1650. The zero-order chi connectivity index (χ0) is 31.7. The van der Waals surface area contributed by atoms with Gasteiger partial charge in [0.15, 0.2) is 11.5 Å². The number of hydrogen-bond donors (Lipinski definition) is 2. The maximum atomic E-state index is 13.9. The third-order valence-electron chi connectivity index (χ3n) is 8.92. The molecule has 2 saturated heterocycles. The number of rotatable bonds is 9. The molecule has 9 nitrogen and oxygen atoms in total. The Kier molecular flexibility index (Phi) is 9.41. The highest BCUT2D eigenvalue weighted by Gasteiger charge is 2.57. The number of aromatic hydroxyl groups is 1. The summed E-state index contributed by atoms with van der Waals surface area (Å²) in [6.07, 6.45) is 4.96. The van der Waals surface area contributed by atoms with Crippen LogP contribution in [0.15, 0.2) is 78.0 Å². The fourth-order valence-electron chi connectivity index (χ4n) is 7.05. The van der Waals surface area contributed by atoms with E-state index in [9.17, 15) is 19.7 Å². The summed E-state index contributed by atoms with van der Waals surface area (Å²) in [4.78, 5) is 33.5. The molecule has 45 heavy (non-hydrogen) atoms. The highest BCUT2D eigenvalue weighted by Crippen LogP contribution is 2.51. The third kappa shape index (κ3) is 6.18. The molecule has 1 aromatic heterocycles. The van der Waals surface area contributed by atoms with Crippen LogP contribution in [-0.4, -0.2) is 61.0 Å². The van der Waals surface area contributed by atoms with Gasteiger partial charge in [0, 0.05) is 13.3 Å². The van der Waals surface area contributed by atoms with Gasteiger partial charge in [-0.15, -0.1) is 0 Å². The molecule has 4 atom stereocenters. The minimum Gasteiger partial charge on any atom is -0.504 e. The molecule has 3 aliphatic rings. The Morgan fingerprint density at radius 1 is 1.11 bits per heavy atom. The van der Waals surface area contributed by atoms with Crippen LogP contribution in [0.2, 0.25) is 6.32 Å². The second-order valence-corrected chi connectivity index (χ2v) is 12.7. The first kappa shape index (κ1) is 31.5. The second kappa shape index (κ2) is 13.5. The van der Waals surface area contributed by atoms with Crippen LogP contribution in [0.3, 0.4) is 0 Å². The molecule has 0 saturated carbocycles. The predicted octanol–water partition coefficient (Wildman–Crippen LogP) is 5.37. The van der Waals surface area contributed by atoms with Gasteiger partial charge in [0.2, 0.25) is 11.8 Å². The smallest absolute Gasteiger partial charge is 0.455 e. The largest absolute Gasteiger partial charge is 0.504 e. The lowest BCUT2D eigenvalue weighted by molar-refractivity contribution is -0.122.